The molecule has 5 nitrogen and oxygen atoms in total. The van der Waals surface area contributed by atoms with Gasteiger partial charge in [0.1, 0.15) is 5.75 Å². The predicted molar refractivity (Wildman–Crippen MR) is 107 cm³/mol. The van der Waals surface area contributed by atoms with E-state index in [1.54, 1.807) is 29.4 Å². The van der Waals surface area contributed by atoms with Gasteiger partial charge in [0.15, 0.2) is 5.13 Å². The summed E-state index contributed by atoms with van der Waals surface area (Å²) in [7, 11) is 5.67. The molecule has 0 unspecified atom stereocenters. The number of nitrogens with zero attached hydrogens (tertiary/aromatic N) is 3. The molecule has 0 saturated carbocycles. The van der Waals surface area contributed by atoms with Crippen molar-refractivity contribution in [3.63, 3.8) is 0 Å². The number of benzene rings is 2. The highest BCUT2D eigenvalue weighted by atomic mass is 32.1. The van der Waals surface area contributed by atoms with Crippen LogP contribution < -0.4 is 9.64 Å². The summed E-state index contributed by atoms with van der Waals surface area (Å²) < 4.78 is 6.34. The van der Waals surface area contributed by atoms with E-state index in [4.69, 9.17) is 4.74 Å². The van der Waals surface area contributed by atoms with Crippen LogP contribution in [0.25, 0.3) is 10.2 Å². The van der Waals surface area contributed by atoms with E-state index in [9.17, 15) is 4.79 Å². The number of hydrogen-bond acceptors (Lipinski definition) is 5. The van der Waals surface area contributed by atoms with Crippen LogP contribution >= 0.6 is 11.3 Å². The van der Waals surface area contributed by atoms with Crippen molar-refractivity contribution in [2.45, 2.75) is 6.42 Å². The second-order valence-corrected chi connectivity index (χ2v) is 7.32. The fraction of sp³-hybridized carbons (Fsp3) is 0.300. The van der Waals surface area contributed by atoms with E-state index in [2.05, 4.69) is 9.88 Å². The lowest BCUT2D eigenvalue weighted by Crippen LogP contribution is -2.33. The number of ether oxygens (including phenoxy) is 1. The number of carbonyl (C=O) groups excluding carboxylic acids is 1. The SMILES string of the molecule is COc1cccc(C(=O)N(CCCN(C)C)c2nc3ccccc3s2)c1. The smallest absolute Gasteiger partial charge is 0.260 e. The lowest BCUT2D eigenvalue weighted by molar-refractivity contribution is 0.0985. The van der Waals surface area contributed by atoms with Crippen molar-refractivity contribution in [3.8, 4) is 5.75 Å². The maximum absolute atomic E-state index is 13.2. The lowest BCUT2D eigenvalue weighted by Gasteiger charge is -2.21. The van der Waals surface area contributed by atoms with Gasteiger partial charge in [-0.25, -0.2) is 4.98 Å². The Balaban J connectivity index is 1.92. The number of amides is 1. The molecule has 0 spiro atoms. The molecule has 26 heavy (non-hydrogen) atoms. The first-order chi connectivity index (χ1) is 12.6. The van der Waals surface area contributed by atoms with Crippen molar-refractivity contribution in [1.82, 2.24) is 9.88 Å². The maximum atomic E-state index is 13.2. The van der Waals surface area contributed by atoms with E-state index >= 15 is 0 Å². The van der Waals surface area contributed by atoms with Crippen LogP contribution in [0.3, 0.4) is 0 Å². The number of aromatic nitrogens is 1. The molecular formula is C20H23N3O2S. The molecule has 0 aliphatic carbocycles. The number of anilines is 1. The summed E-state index contributed by atoms with van der Waals surface area (Å²) in [5.74, 6) is 0.620. The van der Waals surface area contributed by atoms with E-state index in [0.29, 0.717) is 17.9 Å². The highest BCUT2D eigenvalue weighted by Gasteiger charge is 2.21. The van der Waals surface area contributed by atoms with Crippen LogP contribution in [0.5, 0.6) is 5.75 Å². The molecule has 3 aromatic rings. The molecule has 136 valence electrons. The summed E-state index contributed by atoms with van der Waals surface area (Å²) in [5, 5.41) is 0.734. The zero-order valence-corrected chi connectivity index (χ0v) is 16.1. The van der Waals surface area contributed by atoms with E-state index in [1.165, 1.54) is 0 Å². The standard InChI is InChI=1S/C20H23N3O2S/c1-22(2)12-7-13-23(19(24)15-8-6-9-16(14-15)25-3)20-21-17-10-4-5-11-18(17)26-20/h4-6,8-11,14H,7,12-13H2,1-3H3. The summed E-state index contributed by atoms with van der Waals surface area (Å²) in [6.45, 7) is 1.53. The van der Waals surface area contributed by atoms with Crippen LogP contribution in [0.1, 0.15) is 16.8 Å². The quantitative estimate of drug-likeness (QED) is 0.634. The summed E-state index contributed by atoms with van der Waals surface area (Å²) in [6.07, 6.45) is 0.874. The number of thiazole rings is 1. The molecule has 0 bridgehead atoms. The van der Waals surface area contributed by atoms with Gasteiger partial charge in [0.25, 0.3) is 5.91 Å². The van der Waals surface area contributed by atoms with Gasteiger partial charge in [-0.05, 0) is 57.4 Å². The summed E-state index contributed by atoms with van der Waals surface area (Å²) >= 11 is 1.55. The molecule has 3 rings (SSSR count). The molecule has 0 fully saturated rings. The van der Waals surface area contributed by atoms with E-state index in [-0.39, 0.29) is 5.91 Å². The van der Waals surface area contributed by atoms with Crippen molar-refractivity contribution in [2.24, 2.45) is 0 Å². The molecular weight excluding hydrogens is 346 g/mol. The molecule has 1 amide bonds. The van der Waals surface area contributed by atoms with E-state index in [1.807, 2.05) is 56.6 Å². The Morgan fingerprint density at radius 1 is 1.12 bits per heavy atom. The van der Waals surface area contributed by atoms with Gasteiger partial charge in [-0.15, -0.1) is 0 Å². The Labute approximate surface area is 157 Å². The summed E-state index contributed by atoms with van der Waals surface area (Å²) in [5.41, 5.74) is 1.53. The van der Waals surface area contributed by atoms with Gasteiger partial charge in [-0.2, -0.15) is 0 Å². The number of methoxy groups -OCH3 is 1. The molecule has 2 aromatic carbocycles. The third-order valence-corrected chi connectivity index (χ3v) is 5.12. The fourth-order valence-corrected chi connectivity index (χ4v) is 3.71. The number of para-hydroxylation sites is 1. The zero-order valence-electron chi connectivity index (χ0n) is 15.3. The van der Waals surface area contributed by atoms with Gasteiger partial charge in [0, 0.05) is 12.1 Å². The molecule has 0 aliphatic rings. The second-order valence-electron chi connectivity index (χ2n) is 6.31. The van der Waals surface area contributed by atoms with Gasteiger partial charge in [0.2, 0.25) is 0 Å². The van der Waals surface area contributed by atoms with Gasteiger partial charge in [-0.3, -0.25) is 9.69 Å². The number of fused-ring (bicyclic) bond motifs is 1. The highest BCUT2D eigenvalue weighted by Crippen LogP contribution is 2.30. The van der Waals surface area contributed by atoms with Crippen LogP contribution in [-0.4, -0.2) is 50.1 Å². The van der Waals surface area contributed by atoms with Crippen LogP contribution in [-0.2, 0) is 0 Å². The molecule has 0 saturated heterocycles. The topological polar surface area (TPSA) is 45.7 Å². The first kappa shape index (κ1) is 18.4. The van der Waals surface area contributed by atoms with E-state index < -0.39 is 0 Å². The highest BCUT2D eigenvalue weighted by molar-refractivity contribution is 7.22. The van der Waals surface area contributed by atoms with Gasteiger partial charge in [-0.1, -0.05) is 29.5 Å². The van der Waals surface area contributed by atoms with Crippen molar-refractivity contribution < 1.29 is 9.53 Å². The summed E-state index contributed by atoms with van der Waals surface area (Å²) in [4.78, 5) is 21.8. The average molecular weight is 369 g/mol. The third kappa shape index (κ3) is 4.20. The van der Waals surface area contributed by atoms with Crippen LogP contribution in [0, 0.1) is 0 Å². The third-order valence-electron chi connectivity index (χ3n) is 4.06. The first-order valence-electron chi connectivity index (χ1n) is 8.54. The summed E-state index contributed by atoms with van der Waals surface area (Å²) in [6, 6.07) is 15.2. The zero-order chi connectivity index (χ0) is 18.5. The predicted octanol–water partition coefficient (Wildman–Crippen LogP) is 3.90. The van der Waals surface area contributed by atoms with Crippen LogP contribution in [0.2, 0.25) is 0 Å². The van der Waals surface area contributed by atoms with E-state index in [0.717, 1.165) is 28.3 Å². The molecule has 0 N–H and O–H groups in total. The Morgan fingerprint density at radius 2 is 1.92 bits per heavy atom. The Kier molecular flexibility index (Phi) is 5.85. The first-order valence-corrected chi connectivity index (χ1v) is 9.36. The Morgan fingerprint density at radius 3 is 2.65 bits per heavy atom. The largest absolute Gasteiger partial charge is 0.497 e. The number of rotatable bonds is 7. The maximum Gasteiger partial charge on any atom is 0.260 e. The monoisotopic (exact) mass is 369 g/mol. The van der Waals surface area contributed by atoms with Crippen LogP contribution in [0.15, 0.2) is 48.5 Å². The fourth-order valence-electron chi connectivity index (χ4n) is 2.72. The molecule has 0 atom stereocenters. The van der Waals surface area contributed by atoms with Crippen molar-refractivity contribution in [1.29, 1.82) is 0 Å². The van der Waals surface area contributed by atoms with Crippen molar-refractivity contribution >= 4 is 32.6 Å². The normalized spacial score (nSPS) is 11.1. The van der Waals surface area contributed by atoms with Gasteiger partial charge >= 0.3 is 0 Å². The Hall–Kier alpha value is -2.44. The molecule has 1 heterocycles. The van der Waals surface area contributed by atoms with Crippen molar-refractivity contribution in [2.75, 3.05) is 39.2 Å². The molecule has 6 heteroatoms. The minimum atomic E-state index is -0.0540. The Bertz CT molecular complexity index is 858. The average Bonchev–Trinajstić information content (AvgIpc) is 3.08. The van der Waals surface area contributed by atoms with Crippen molar-refractivity contribution in [3.05, 3.63) is 54.1 Å². The van der Waals surface area contributed by atoms with Crippen LogP contribution in [0.4, 0.5) is 5.13 Å². The van der Waals surface area contributed by atoms with Gasteiger partial charge < -0.3 is 9.64 Å². The number of carbonyl (C=O) groups is 1. The molecule has 0 radical (unpaired) electrons. The molecule has 0 aliphatic heterocycles. The number of hydrogen-bond donors (Lipinski definition) is 0. The minimum Gasteiger partial charge on any atom is -0.497 e. The second kappa shape index (κ2) is 8.29. The molecule has 1 aromatic heterocycles. The lowest BCUT2D eigenvalue weighted by atomic mass is 10.2. The minimum absolute atomic E-state index is 0.0540. The van der Waals surface area contributed by atoms with Gasteiger partial charge in [0.05, 0.1) is 17.3 Å².